The number of primary sulfonamides is 1. The molecule has 1 aromatic rings. The summed E-state index contributed by atoms with van der Waals surface area (Å²) >= 11 is 11.7. The van der Waals surface area contributed by atoms with E-state index in [1.807, 2.05) is 0 Å². The van der Waals surface area contributed by atoms with Crippen LogP contribution < -0.4 is 9.88 Å². The minimum atomic E-state index is -3.94. The lowest BCUT2D eigenvalue weighted by Gasteiger charge is -2.12. The molecule has 0 spiro atoms. The SMILES string of the molecule is CC(C)S(=O)(=O)CCOc1c(Cl)cc(S(N)(=O)=O)cc1Cl. The predicted molar refractivity (Wildman–Crippen MR) is 82.3 cm³/mol. The lowest BCUT2D eigenvalue weighted by Crippen LogP contribution is -2.22. The molecule has 0 bridgehead atoms. The summed E-state index contributed by atoms with van der Waals surface area (Å²) in [6.07, 6.45) is 0. The maximum absolute atomic E-state index is 11.6. The van der Waals surface area contributed by atoms with Crippen molar-refractivity contribution in [2.45, 2.75) is 24.0 Å². The lowest BCUT2D eigenvalue weighted by molar-refractivity contribution is 0.340. The van der Waals surface area contributed by atoms with Gasteiger partial charge in [0.1, 0.15) is 6.61 Å². The Hall–Kier alpha value is -0.540. The molecule has 2 N–H and O–H groups in total. The van der Waals surface area contributed by atoms with Crippen LogP contribution in [0.25, 0.3) is 0 Å². The molecule has 21 heavy (non-hydrogen) atoms. The number of sulfonamides is 1. The van der Waals surface area contributed by atoms with Gasteiger partial charge in [0.05, 0.1) is 25.9 Å². The summed E-state index contributed by atoms with van der Waals surface area (Å²) in [7, 11) is -7.19. The highest BCUT2D eigenvalue weighted by Gasteiger charge is 2.19. The van der Waals surface area contributed by atoms with Crippen molar-refractivity contribution in [1.29, 1.82) is 0 Å². The summed E-state index contributed by atoms with van der Waals surface area (Å²) in [5.74, 6) is -0.182. The van der Waals surface area contributed by atoms with Crippen LogP contribution in [0.3, 0.4) is 0 Å². The molecule has 1 rings (SSSR count). The van der Waals surface area contributed by atoms with E-state index in [0.29, 0.717) is 0 Å². The molecule has 0 aliphatic rings. The molecular weight excluding hydrogens is 361 g/mol. The predicted octanol–water partition coefficient (Wildman–Crippen LogP) is 1.84. The van der Waals surface area contributed by atoms with Crippen molar-refractivity contribution >= 4 is 43.1 Å². The molecule has 0 unspecified atom stereocenters. The fourth-order valence-electron chi connectivity index (χ4n) is 1.33. The van der Waals surface area contributed by atoms with Crippen LogP contribution in [0.15, 0.2) is 17.0 Å². The van der Waals surface area contributed by atoms with Gasteiger partial charge in [-0.2, -0.15) is 0 Å². The third-order valence-corrected chi connectivity index (χ3v) is 6.26. The fraction of sp³-hybridized carbons (Fsp3) is 0.455. The molecule has 10 heteroatoms. The maximum atomic E-state index is 11.6. The van der Waals surface area contributed by atoms with Crippen LogP contribution in [-0.2, 0) is 19.9 Å². The minimum Gasteiger partial charge on any atom is -0.489 e. The van der Waals surface area contributed by atoms with Gasteiger partial charge in [-0.05, 0) is 26.0 Å². The van der Waals surface area contributed by atoms with E-state index in [0.717, 1.165) is 12.1 Å². The summed E-state index contributed by atoms with van der Waals surface area (Å²) in [4.78, 5) is -0.250. The minimum absolute atomic E-state index is 0.0182. The first-order valence-electron chi connectivity index (χ1n) is 5.81. The molecule has 0 atom stereocenters. The number of rotatable bonds is 6. The van der Waals surface area contributed by atoms with Crippen LogP contribution in [0.4, 0.5) is 0 Å². The van der Waals surface area contributed by atoms with Gasteiger partial charge in [-0.25, -0.2) is 22.0 Å². The van der Waals surface area contributed by atoms with Crippen LogP contribution in [-0.4, -0.2) is 34.4 Å². The number of halogens is 2. The number of nitrogens with two attached hydrogens (primary N) is 1. The van der Waals surface area contributed by atoms with E-state index in [1.165, 1.54) is 0 Å². The van der Waals surface area contributed by atoms with E-state index in [2.05, 4.69) is 0 Å². The zero-order valence-corrected chi connectivity index (χ0v) is 14.5. The molecule has 0 aromatic heterocycles. The van der Waals surface area contributed by atoms with Crippen molar-refractivity contribution in [2.24, 2.45) is 5.14 Å². The number of benzene rings is 1. The molecule has 0 aliphatic carbocycles. The summed E-state index contributed by atoms with van der Waals surface area (Å²) < 4.78 is 50.9. The van der Waals surface area contributed by atoms with Gasteiger partial charge in [0.25, 0.3) is 0 Å². The summed E-state index contributed by atoms with van der Waals surface area (Å²) in [6.45, 7) is 2.99. The quantitative estimate of drug-likeness (QED) is 0.816. The molecule has 0 amide bonds. The van der Waals surface area contributed by atoms with E-state index < -0.39 is 25.1 Å². The molecule has 0 heterocycles. The average Bonchev–Trinajstić information content (AvgIpc) is 2.30. The highest BCUT2D eigenvalue weighted by atomic mass is 35.5. The second-order valence-corrected chi connectivity index (χ2v) is 9.58. The third kappa shape index (κ3) is 5.00. The second-order valence-electron chi connectivity index (χ2n) is 4.53. The van der Waals surface area contributed by atoms with Crippen LogP contribution in [0, 0.1) is 0 Å². The van der Waals surface area contributed by atoms with Gasteiger partial charge in [0, 0.05) is 0 Å². The van der Waals surface area contributed by atoms with E-state index >= 15 is 0 Å². The Kier molecular flexibility index (Phi) is 5.91. The smallest absolute Gasteiger partial charge is 0.238 e. The number of hydrogen-bond acceptors (Lipinski definition) is 5. The Bertz CT molecular complexity index is 706. The largest absolute Gasteiger partial charge is 0.489 e. The molecule has 0 fully saturated rings. The highest BCUT2D eigenvalue weighted by molar-refractivity contribution is 7.92. The zero-order chi connectivity index (χ0) is 16.4. The van der Waals surface area contributed by atoms with E-state index in [9.17, 15) is 16.8 Å². The zero-order valence-electron chi connectivity index (χ0n) is 11.3. The number of hydrogen-bond donors (Lipinski definition) is 1. The van der Waals surface area contributed by atoms with Gasteiger partial charge in [0.15, 0.2) is 15.6 Å². The summed E-state index contributed by atoms with van der Waals surface area (Å²) in [5, 5.41) is 4.33. The van der Waals surface area contributed by atoms with Gasteiger partial charge in [-0.1, -0.05) is 23.2 Å². The van der Waals surface area contributed by atoms with E-state index in [-0.39, 0.29) is 33.0 Å². The van der Waals surface area contributed by atoms with Gasteiger partial charge in [-0.3, -0.25) is 0 Å². The van der Waals surface area contributed by atoms with E-state index in [4.69, 9.17) is 33.1 Å². The standard InChI is InChI=1S/C11H15Cl2NO5S2/c1-7(2)20(15,16)4-3-19-11-9(12)5-8(6-10(11)13)21(14,17)18/h5-7H,3-4H2,1-2H3,(H2,14,17,18). The average molecular weight is 376 g/mol. The van der Waals surface area contributed by atoms with Crippen molar-refractivity contribution in [3.8, 4) is 5.75 Å². The molecule has 0 radical (unpaired) electrons. The molecular formula is C11H15Cl2NO5S2. The molecule has 0 saturated carbocycles. The first-order valence-corrected chi connectivity index (χ1v) is 9.83. The first-order chi connectivity index (χ1) is 9.45. The van der Waals surface area contributed by atoms with Crippen molar-refractivity contribution < 1.29 is 21.6 Å². The first kappa shape index (κ1) is 18.5. The van der Waals surface area contributed by atoms with Crippen molar-refractivity contribution in [3.63, 3.8) is 0 Å². The van der Waals surface area contributed by atoms with Crippen LogP contribution in [0.5, 0.6) is 5.75 Å². The molecule has 1 aromatic carbocycles. The maximum Gasteiger partial charge on any atom is 0.238 e. The monoisotopic (exact) mass is 375 g/mol. The summed E-state index contributed by atoms with van der Waals surface area (Å²) in [6, 6.07) is 2.18. The van der Waals surface area contributed by atoms with Crippen LogP contribution in [0.1, 0.15) is 13.8 Å². The third-order valence-electron chi connectivity index (χ3n) is 2.63. The van der Waals surface area contributed by atoms with E-state index in [1.54, 1.807) is 13.8 Å². The molecule has 0 aliphatic heterocycles. The highest BCUT2D eigenvalue weighted by Crippen LogP contribution is 2.35. The lowest BCUT2D eigenvalue weighted by atomic mass is 10.3. The van der Waals surface area contributed by atoms with Crippen molar-refractivity contribution in [1.82, 2.24) is 0 Å². The molecule has 120 valence electrons. The van der Waals surface area contributed by atoms with Crippen molar-refractivity contribution in [3.05, 3.63) is 22.2 Å². The Labute approximate surface area is 134 Å². The normalized spacial score (nSPS) is 12.7. The Morgan fingerprint density at radius 1 is 1.14 bits per heavy atom. The molecule has 6 nitrogen and oxygen atoms in total. The summed E-state index contributed by atoms with van der Waals surface area (Å²) in [5.41, 5.74) is 0. The van der Waals surface area contributed by atoms with Gasteiger partial charge in [-0.15, -0.1) is 0 Å². The van der Waals surface area contributed by atoms with Gasteiger partial charge < -0.3 is 4.74 Å². The number of sulfone groups is 1. The Morgan fingerprint density at radius 3 is 2.00 bits per heavy atom. The Morgan fingerprint density at radius 2 is 1.62 bits per heavy atom. The fourth-order valence-corrected chi connectivity index (χ4v) is 3.41. The topological polar surface area (TPSA) is 104 Å². The Balaban J connectivity index is 2.92. The second kappa shape index (κ2) is 6.70. The van der Waals surface area contributed by atoms with Crippen LogP contribution >= 0.6 is 23.2 Å². The van der Waals surface area contributed by atoms with Crippen LogP contribution in [0.2, 0.25) is 10.0 Å². The number of ether oxygens (including phenoxy) is 1. The van der Waals surface area contributed by atoms with Crippen molar-refractivity contribution in [2.75, 3.05) is 12.4 Å². The molecule has 0 saturated heterocycles. The van der Waals surface area contributed by atoms with Gasteiger partial charge in [0.2, 0.25) is 10.0 Å². The van der Waals surface area contributed by atoms with Gasteiger partial charge >= 0.3 is 0 Å².